The molecule has 4 nitrogen and oxygen atoms in total. The van der Waals surface area contributed by atoms with Crippen molar-refractivity contribution in [1.29, 1.82) is 0 Å². The summed E-state index contributed by atoms with van der Waals surface area (Å²) < 4.78 is 35.3. The highest BCUT2D eigenvalue weighted by atomic mass is 19.4. The minimum Gasteiger partial charge on any atom is -0.352 e. The average Bonchev–Trinajstić information content (AvgIpc) is 2.68. The van der Waals surface area contributed by atoms with Gasteiger partial charge in [-0.1, -0.05) is 12.8 Å². The van der Waals surface area contributed by atoms with Crippen molar-refractivity contribution in [3.63, 3.8) is 0 Å². The van der Waals surface area contributed by atoms with Crippen LogP contribution in [0.1, 0.15) is 32.6 Å². The number of carbonyl (C=O) groups excluding carboxylic acids is 1. The van der Waals surface area contributed by atoms with Crippen molar-refractivity contribution in [2.45, 2.75) is 50.9 Å². The van der Waals surface area contributed by atoms with Gasteiger partial charge in [0.1, 0.15) is 6.04 Å². The Morgan fingerprint density at radius 1 is 1.41 bits per heavy atom. The Morgan fingerprint density at radius 2 is 2.00 bits per heavy atom. The van der Waals surface area contributed by atoms with E-state index in [1.165, 1.54) is 6.92 Å². The van der Waals surface area contributed by atoms with Crippen LogP contribution in [0.15, 0.2) is 0 Å². The zero-order valence-electron chi connectivity index (χ0n) is 9.64. The van der Waals surface area contributed by atoms with Crippen molar-refractivity contribution < 1.29 is 22.8 Å². The lowest BCUT2D eigenvalue weighted by atomic mass is 10.2. The highest BCUT2D eigenvalue weighted by Crippen LogP contribution is 2.17. The Kier molecular flexibility index (Phi) is 5.20. The maximum Gasteiger partial charge on any atom is 0.413 e. The maximum absolute atomic E-state index is 11.8. The van der Waals surface area contributed by atoms with Crippen LogP contribution < -0.4 is 10.8 Å². The van der Waals surface area contributed by atoms with Gasteiger partial charge < -0.3 is 5.32 Å². The summed E-state index contributed by atoms with van der Waals surface area (Å²) in [7, 11) is 0. The van der Waals surface area contributed by atoms with E-state index in [1.54, 1.807) is 0 Å². The standard InChI is InChI=1S/C10H17F3N2O2/c1-7(15-17-6-10(11,12)13)9(16)14-8-4-2-3-5-8/h7-8,15H,2-6H2,1H3,(H,14,16). The average molecular weight is 254 g/mol. The molecule has 1 aliphatic carbocycles. The van der Waals surface area contributed by atoms with E-state index in [0.29, 0.717) is 0 Å². The van der Waals surface area contributed by atoms with E-state index in [9.17, 15) is 18.0 Å². The highest BCUT2D eigenvalue weighted by Gasteiger charge is 2.28. The van der Waals surface area contributed by atoms with Gasteiger partial charge in [0.25, 0.3) is 0 Å². The predicted molar refractivity (Wildman–Crippen MR) is 55.0 cm³/mol. The Balaban J connectivity index is 2.17. The van der Waals surface area contributed by atoms with Crippen molar-refractivity contribution in [1.82, 2.24) is 10.8 Å². The van der Waals surface area contributed by atoms with Crippen LogP contribution in [0.4, 0.5) is 13.2 Å². The first-order valence-corrected chi connectivity index (χ1v) is 5.63. The molecule has 0 aromatic heterocycles. The van der Waals surface area contributed by atoms with Crippen molar-refractivity contribution in [3.05, 3.63) is 0 Å². The van der Waals surface area contributed by atoms with Crippen LogP contribution in [0.5, 0.6) is 0 Å². The van der Waals surface area contributed by atoms with E-state index in [2.05, 4.69) is 15.6 Å². The molecule has 17 heavy (non-hydrogen) atoms. The summed E-state index contributed by atoms with van der Waals surface area (Å²) in [5, 5.41) is 2.76. The molecule has 2 N–H and O–H groups in total. The third-order valence-corrected chi connectivity index (χ3v) is 2.59. The lowest BCUT2D eigenvalue weighted by Gasteiger charge is -2.17. The van der Waals surface area contributed by atoms with Crippen LogP contribution in [0.2, 0.25) is 0 Å². The normalized spacial score (nSPS) is 19.3. The first-order chi connectivity index (χ1) is 7.88. The molecule has 1 aliphatic rings. The molecule has 0 spiro atoms. The molecular formula is C10H17F3N2O2. The van der Waals surface area contributed by atoms with E-state index in [-0.39, 0.29) is 11.9 Å². The maximum atomic E-state index is 11.8. The minimum absolute atomic E-state index is 0.148. The van der Waals surface area contributed by atoms with E-state index in [4.69, 9.17) is 0 Å². The number of carbonyl (C=O) groups is 1. The Morgan fingerprint density at radius 3 is 2.53 bits per heavy atom. The van der Waals surface area contributed by atoms with E-state index in [0.717, 1.165) is 25.7 Å². The fourth-order valence-corrected chi connectivity index (χ4v) is 1.70. The molecule has 7 heteroatoms. The van der Waals surface area contributed by atoms with E-state index < -0.39 is 18.8 Å². The number of amides is 1. The third-order valence-electron chi connectivity index (χ3n) is 2.59. The molecule has 1 fully saturated rings. The monoisotopic (exact) mass is 254 g/mol. The lowest BCUT2D eigenvalue weighted by Crippen LogP contribution is -2.46. The molecule has 0 aliphatic heterocycles. The van der Waals surface area contributed by atoms with Gasteiger partial charge in [-0.15, -0.1) is 0 Å². The van der Waals surface area contributed by atoms with Gasteiger partial charge in [0.05, 0.1) is 0 Å². The number of alkyl halides is 3. The van der Waals surface area contributed by atoms with Gasteiger partial charge in [0, 0.05) is 6.04 Å². The largest absolute Gasteiger partial charge is 0.413 e. The van der Waals surface area contributed by atoms with Crippen LogP contribution in [0.25, 0.3) is 0 Å². The predicted octanol–water partition coefficient (Wildman–Crippen LogP) is 1.52. The van der Waals surface area contributed by atoms with Crippen LogP contribution in [-0.4, -0.2) is 30.8 Å². The second-order valence-corrected chi connectivity index (χ2v) is 4.23. The summed E-state index contributed by atoms with van der Waals surface area (Å²) in [6, 6.07) is -0.646. The Labute approximate surface area is 97.8 Å². The van der Waals surface area contributed by atoms with Gasteiger partial charge in [-0.3, -0.25) is 9.63 Å². The smallest absolute Gasteiger partial charge is 0.352 e. The summed E-state index contributed by atoms with van der Waals surface area (Å²) in [6.45, 7) is 0.0503. The number of hydrogen-bond acceptors (Lipinski definition) is 3. The van der Waals surface area contributed by atoms with Crippen LogP contribution >= 0.6 is 0 Å². The molecule has 1 rings (SSSR count). The lowest BCUT2D eigenvalue weighted by molar-refractivity contribution is -0.193. The molecule has 1 saturated carbocycles. The molecule has 0 bridgehead atoms. The van der Waals surface area contributed by atoms with Gasteiger partial charge in [0.15, 0.2) is 6.61 Å². The summed E-state index contributed by atoms with van der Waals surface area (Å²) in [5.41, 5.74) is 2.08. The van der Waals surface area contributed by atoms with E-state index in [1.807, 2.05) is 0 Å². The molecule has 0 radical (unpaired) electrons. The second kappa shape index (κ2) is 6.20. The molecule has 1 atom stereocenters. The van der Waals surface area contributed by atoms with Crippen molar-refractivity contribution in [2.75, 3.05) is 6.61 Å². The van der Waals surface area contributed by atoms with Crippen LogP contribution in [0, 0.1) is 0 Å². The van der Waals surface area contributed by atoms with Gasteiger partial charge in [-0.05, 0) is 19.8 Å². The molecule has 1 unspecified atom stereocenters. The Bertz CT molecular complexity index is 252. The zero-order valence-corrected chi connectivity index (χ0v) is 9.64. The first kappa shape index (κ1) is 14.2. The zero-order chi connectivity index (χ0) is 12.9. The molecule has 0 aromatic carbocycles. The fraction of sp³-hybridized carbons (Fsp3) is 0.900. The molecule has 1 amide bonds. The molecule has 100 valence electrons. The second-order valence-electron chi connectivity index (χ2n) is 4.23. The van der Waals surface area contributed by atoms with Gasteiger partial charge >= 0.3 is 6.18 Å². The molecular weight excluding hydrogens is 237 g/mol. The first-order valence-electron chi connectivity index (χ1n) is 5.63. The number of hydroxylamine groups is 1. The third kappa shape index (κ3) is 5.88. The van der Waals surface area contributed by atoms with Crippen LogP contribution in [0.3, 0.4) is 0 Å². The van der Waals surface area contributed by atoms with Crippen molar-refractivity contribution >= 4 is 5.91 Å². The SMILES string of the molecule is CC(NOCC(F)(F)F)C(=O)NC1CCCC1. The summed E-state index contributed by atoms with van der Waals surface area (Å²) in [6.07, 6.45) is -0.368. The highest BCUT2D eigenvalue weighted by molar-refractivity contribution is 5.81. The minimum atomic E-state index is -4.39. The van der Waals surface area contributed by atoms with Gasteiger partial charge in [0.2, 0.25) is 5.91 Å². The van der Waals surface area contributed by atoms with Crippen molar-refractivity contribution in [2.24, 2.45) is 0 Å². The fourth-order valence-electron chi connectivity index (χ4n) is 1.70. The number of rotatable bonds is 5. The summed E-state index contributed by atoms with van der Waals surface area (Å²) in [5.74, 6) is -0.334. The molecule has 0 heterocycles. The van der Waals surface area contributed by atoms with Gasteiger partial charge in [-0.2, -0.15) is 18.7 Å². The molecule has 0 saturated heterocycles. The quantitative estimate of drug-likeness (QED) is 0.731. The number of nitrogens with one attached hydrogen (secondary N) is 2. The van der Waals surface area contributed by atoms with E-state index >= 15 is 0 Å². The Hall–Kier alpha value is -0.820. The number of hydrogen-bond donors (Lipinski definition) is 2. The van der Waals surface area contributed by atoms with Crippen LogP contribution in [-0.2, 0) is 9.63 Å². The summed E-state index contributed by atoms with van der Waals surface area (Å²) in [4.78, 5) is 15.7. The van der Waals surface area contributed by atoms with Crippen molar-refractivity contribution in [3.8, 4) is 0 Å². The summed E-state index contributed by atoms with van der Waals surface area (Å²) >= 11 is 0. The topological polar surface area (TPSA) is 50.4 Å². The van der Waals surface area contributed by atoms with Gasteiger partial charge in [-0.25, -0.2) is 0 Å². The molecule has 0 aromatic rings. The number of halogens is 3.